The number of aryl methyl sites for hydroxylation is 2. The van der Waals surface area contributed by atoms with Crippen LogP contribution < -0.4 is 5.32 Å². The zero-order chi connectivity index (χ0) is 12.1. The maximum Gasteiger partial charge on any atom is 0.216 e. The van der Waals surface area contributed by atoms with E-state index >= 15 is 0 Å². The Hall–Kier alpha value is -1.35. The van der Waals surface area contributed by atoms with Crippen molar-refractivity contribution in [2.24, 2.45) is 0 Å². The van der Waals surface area contributed by atoms with Crippen molar-refractivity contribution in [2.45, 2.75) is 26.9 Å². The van der Waals surface area contributed by atoms with Crippen LogP contribution in [-0.4, -0.2) is 19.6 Å². The van der Waals surface area contributed by atoms with Crippen LogP contribution in [0.4, 0.5) is 0 Å². The predicted octanol–water partition coefficient (Wildman–Crippen LogP) is 2.13. The molecule has 3 heteroatoms. The normalized spacial score (nSPS) is 12.2. The van der Waals surface area contributed by atoms with Gasteiger partial charge in [-0.05, 0) is 30.5 Å². The summed E-state index contributed by atoms with van der Waals surface area (Å²) in [6.45, 7) is 6.17. The molecule has 1 amide bonds. The Morgan fingerprint density at radius 2 is 2.06 bits per heavy atom. The largest absolute Gasteiger partial charge is 0.375 e. The monoisotopic (exact) mass is 221 g/mol. The molecule has 0 fully saturated rings. The number of ether oxygens (including phenoxy) is 1. The van der Waals surface area contributed by atoms with Gasteiger partial charge in [0.05, 0.1) is 6.10 Å². The van der Waals surface area contributed by atoms with Crippen molar-refractivity contribution in [2.75, 3.05) is 13.7 Å². The van der Waals surface area contributed by atoms with Crippen LogP contribution in [0.25, 0.3) is 0 Å². The molecule has 0 spiro atoms. The SMILES string of the molecule is COC(CNC(C)=O)c1ccc(C)c(C)c1. The van der Waals surface area contributed by atoms with Gasteiger partial charge in [-0.25, -0.2) is 0 Å². The predicted molar refractivity (Wildman–Crippen MR) is 64.3 cm³/mol. The molecule has 88 valence electrons. The minimum absolute atomic E-state index is 0.0362. The first-order chi connectivity index (χ1) is 7.54. The summed E-state index contributed by atoms with van der Waals surface area (Å²) in [5.74, 6) is -0.0362. The number of methoxy groups -OCH3 is 1. The maximum absolute atomic E-state index is 10.8. The second-order valence-electron chi connectivity index (χ2n) is 4.01. The molecule has 0 radical (unpaired) electrons. The number of hydrogen-bond donors (Lipinski definition) is 1. The summed E-state index contributed by atoms with van der Waals surface area (Å²) in [4.78, 5) is 10.8. The van der Waals surface area contributed by atoms with E-state index in [0.717, 1.165) is 5.56 Å². The van der Waals surface area contributed by atoms with Crippen molar-refractivity contribution in [3.05, 3.63) is 34.9 Å². The summed E-state index contributed by atoms with van der Waals surface area (Å²) in [5, 5.41) is 2.77. The Morgan fingerprint density at radius 1 is 1.38 bits per heavy atom. The molecule has 0 saturated heterocycles. The average Bonchev–Trinajstić information content (AvgIpc) is 2.23. The summed E-state index contributed by atoms with van der Waals surface area (Å²) in [7, 11) is 1.65. The first kappa shape index (κ1) is 12.7. The standard InChI is InChI=1S/C13H19NO2/c1-9-5-6-12(7-10(9)2)13(16-4)8-14-11(3)15/h5-7,13H,8H2,1-4H3,(H,14,15). The fourth-order valence-electron chi connectivity index (χ4n) is 1.54. The molecule has 0 aliphatic rings. The van der Waals surface area contributed by atoms with Crippen molar-refractivity contribution in [1.82, 2.24) is 5.32 Å². The van der Waals surface area contributed by atoms with Gasteiger partial charge in [-0.2, -0.15) is 0 Å². The van der Waals surface area contributed by atoms with Gasteiger partial charge in [-0.1, -0.05) is 18.2 Å². The van der Waals surface area contributed by atoms with E-state index in [2.05, 4.69) is 31.3 Å². The lowest BCUT2D eigenvalue weighted by molar-refractivity contribution is -0.119. The number of rotatable bonds is 4. The Kier molecular flexibility index (Phi) is 4.50. The fraction of sp³-hybridized carbons (Fsp3) is 0.462. The van der Waals surface area contributed by atoms with Crippen LogP contribution in [-0.2, 0) is 9.53 Å². The number of amides is 1. The number of carbonyl (C=O) groups excluding carboxylic acids is 1. The number of benzene rings is 1. The van der Waals surface area contributed by atoms with E-state index < -0.39 is 0 Å². The van der Waals surface area contributed by atoms with E-state index in [4.69, 9.17) is 4.74 Å². The highest BCUT2D eigenvalue weighted by molar-refractivity contribution is 5.72. The van der Waals surface area contributed by atoms with Gasteiger partial charge in [0.25, 0.3) is 0 Å². The van der Waals surface area contributed by atoms with Crippen LogP contribution in [0, 0.1) is 13.8 Å². The van der Waals surface area contributed by atoms with Crippen molar-refractivity contribution >= 4 is 5.91 Å². The molecular weight excluding hydrogens is 202 g/mol. The molecule has 1 aromatic carbocycles. The zero-order valence-corrected chi connectivity index (χ0v) is 10.3. The summed E-state index contributed by atoms with van der Waals surface area (Å²) in [6, 6.07) is 6.22. The quantitative estimate of drug-likeness (QED) is 0.845. The highest BCUT2D eigenvalue weighted by atomic mass is 16.5. The molecule has 1 unspecified atom stereocenters. The van der Waals surface area contributed by atoms with Crippen LogP contribution in [0.2, 0.25) is 0 Å². The van der Waals surface area contributed by atoms with Crippen molar-refractivity contribution in [3.8, 4) is 0 Å². The van der Waals surface area contributed by atoms with Gasteiger partial charge in [0.2, 0.25) is 5.91 Å². The van der Waals surface area contributed by atoms with Gasteiger partial charge < -0.3 is 10.1 Å². The third kappa shape index (κ3) is 3.35. The second-order valence-corrected chi connectivity index (χ2v) is 4.01. The Balaban J connectivity index is 2.78. The van der Waals surface area contributed by atoms with E-state index in [0.29, 0.717) is 6.54 Å². The van der Waals surface area contributed by atoms with Gasteiger partial charge in [0, 0.05) is 20.6 Å². The summed E-state index contributed by atoms with van der Waals surface area (Å²) in [6.07, 6.45) is -0.0804. The molecule has 3 nitrogen and oxygen atoms in total. The Bertz CT molecular complexity index is 374. The maximum atomic E-state index is 10.8. The minimum Gasteiger partial charge on any atom is -0.375 e. The lowest BCUT2D eigenvalue weighted by Crippen LogP contribution is -2.26. The molecule has 0 aliphatic heterocycles. The van der Waals surface area contributed by atoms with E-state index in [1.54, 1.807) is 7.11 Å². The van der Waals surface area contributed by atoms with Crippen LogP contribution >= 0.6 is 0 Å². The van der Waals surface area contributed by atoms with Crippen LogP contribution in [0.3, 0.4) is 0 Å². The average molecular weight is 221 g/mol. The van der Waals surface area contributed by atoms with E-state index in [-0.39, 0.29) is 12.0 Å². The minimum atomic E-state index is -0.0804. The molecule has 0 heterocycles. The van der Waals surface area contributed by atoms with Gasteiger partial charge >= 0.3 is 0 Å². The molecule has 16 heavy (non-hydrogen) atoms. The lowest BCUT2D eigenvalue weighted by atomic mass is 10.0. The van der Waals surface area contributed by atoms with Gasteiger partial charge in [-0.15, -0.1) is 0 Å². The first-order valence-corrected chi connectivity index (χ1v) is 5.39. The second kappa shape index (κ2) is 5.66. The number of carbonyl (C=O) groups is 1. The molecule has 0 aliphatic carbocycles. The van der Waals surface area contributed by atoms with Crippen LogP contribution in [0.1, 0.15) is 29.7 Å². The van der Waals surface area contributed by atoms with E-state index in [1.165, 1.54) is 18.1 Å². The summed E-state index contributed by atoms with van der Waals surface area (Å²) < 4.78 is 5.37. The third-order valence-electron chi connectivity index (χ3n) is 2.72. The summed E-state index contributed by atoms with van der Waals surface area (Å²) in [5.41, 5.74) is 3.60. The Morgan fingerprint density at radius 3 is 2.56 bits per heavy atom. The molecule has 1 rings (SSSR count). The van der Waals surface area contributed by atoms with Crippen molar-refractivity contribution in [3.63, 3.8) is 0 Å². The summed E-state index contributed by atoms with van der Waals surface area (Å²) >= 11 is 0. The van der Waals surface area contributed by atoms with Gasteiger partial charge in [-0.3, -0.25) is 4.79 Å². The van der Waals surface area contributed by atoms with Crippen molar-refractivity contribution < 1.29 is 9.53 Å². The highest BCUT2D eigenvalue weighted by Crippen LogP contribution is 2.19. The van der Waals surface area contributed by atoms with Crippen LogP contribution in [0.5, 0.6) is 0 Å². The number of hydrogen-bond acceptors (Lipinski definition) is 2. The highest BCUT2D eigenvalue weighted by Gasteiger charge is 2.11. The molecule has 1 atom stereocenters. The molecule has 0 aromatic heterocycles. The fourth-order valence-corrected chi connectivity index (χ4v) is 1.54. The third-order valence-corrected chi connectivity index (χ3v) is 2.72. The molecule has 0 saturated carbocycles. The Labute approximate surface area is 96.8 Å². The molecule has 0 bridgehead atoms. The first-order valence-electron chi connectivity index (χ1n) is 5.39. The topological polar surface area (TPSA) is 38.3 Å². The van der Waals surface area contributed by atoms with Crippen molar-refractivity contribution in [1.29, 1.82) is 0 Å². The number of nitrogens with one attached hydrogen (secondary N) is 1. The smallest absolute Gasteiger partial charge is 0.216 e. The van der Waals surface area contributed by atoms with Crippen LogP contribution in [0.15, 0.2) is 18.2 Å². The van der Waals surface area contributed by atoms with E-state index in [1.807, 2.05) is 6.07 Å². The van der Waals surface area contributed by atoms with Gasteiger partial charge in [0.15, 0.2) is 0 Å². The lowest BCUT2D eigenvalue weighted by Gasteiger charge is -2.17. The molecular formula is C13H19NO2. The zero-order valence-electron chi connectivity index (χ0n) is 10.3. The molecule has 1 aromatic rings. The van der Waals surface area contributed by atoms with Gasteiger partial charge in [0.1, 0.15) is 0 Å². The molecule has 1 N–H and O–H groups in total. The van der Waals surface area contributed by atoms with E-state index in [9.17, 15) is 4.79 Å².